The van der Waals surface area contributed by atoms with Gasteiger partial charge in [-0.05, 0) is 24.3 Å². The number of hydrogen-bond donors (Lipinski definition) is 4. The number of nitrogens with two attached hydrogens (primary N) is 2. The van der Waals surface area contributed by atoms with E-state index in [2.05, 4.69) is 0 Å². The molecule has 0 aromatic heterocycles. The maximum atomic E-state index is 11.7. The summed E-state index contributed by atoms with van der Waals surface area (Å²) in [5, 5.41) is 18.7. The van der Waals surface area contributed by atoms with E-state index in [4.69, 9.17) is 11.5 Å². The monoisotopic (exact) mass is 328 g/mol. The minimum Gasteiger partial charge on any atom is -0.478 e. The Balaban J connectivity index is 3.06. The molecule has 0 saturated carbocycles. The van der Waals surface area contributed by atoms with E-state index in [1.165, 1.54) is 24.3 Å². The highest BCUT2D eigenvalue weighted by Crippen LogP contribution is 2.34. The zero-order valence-corrected chi connectivity index (χ0v) is 12.1. The maximum absolute atomic E-state index is 11.7. The van der Waals surface area contributed by atoms with Gasteiger partial charge in [0.1, 0.15) is 0 Å². The first-order valence-electron chi connectivity index (χ1n) is 6.58. The lowest BCUT2D eigenvalue weighted by molar-refractivity contribution is 0.0696. The van der Waals surface area contributed by atoms with E-state index in [0.717, 1.165) is 12.1 Å². The summed E-state index contributed by atoms with van der Waals surface area (Å²) in [5.41, 5.74) is 8.85. The maximum Gasteiger partial charge on any atom is 0.336 e. The molecule has 0 aliphatic rings. The van der Waals surface area contributed by atoms with Crippen LogP contribution < -0.4 is 11.5 Å². The van der Waals surface area contributed by atoms with Crippen LogP contribution in [0, 0.1) is 0 Å². The molecule has 2 rings (SSSR count). The molecule has 8 heteroatoms. The highest BCUT2D eigenvalue weighted by atomic mass is 16.4. The summed E-state index contributed by atoms with van der Waals surface area (Å²) in [7, 11) is 0. The number of aromatic carboxylic acids is 2. The fraction of sp³-hybridized carbons (Fsp3) is 0. The molecule has 0 bridgehead atoms. The normalized spacial score (nSPS) is 10.2. The number of benzene rings is 2. The van der Waals surface area contributed by atoms with Crippen molar-refractivity contribution >= 4 is 23.8 Å². The van der Waals surface area contributed by atoms with Crippen molar-refractivity contribution < 1.29 is 29.4 Å². The largest absolute Gasteiger partial charge is 0.478 e. The number of carbonyl (C=O) groups is 4. The van der Waals surface area contributed by atoms with Crippen LogP contribution in [-0.2, 0) is 0 Å². The molecule has 0 aliphatic heterocycles. The first kappa shape index (κ1) is 16.7. The third kappa shape index (κ3) is 2.80. The van der Waals surface area contributed by atoms with Gasteiger partial charge in [0.25, 0.3) is 0 Å². The van der Waals surface area contributed by atoms with E-state index in [0.29, 0.717) is 0 Å². The fourth-order valence-corrected chi connectivity index (χ4v) is 2.41. The Morgan fingerprint density at radius 2 is 0.917 bits per heavy atom. The summed E-state index contributed by atoms with van der Waals surface area (Å²) >= 11 is 0. The number of carbonyl (C=O) groups excluding carboxylic acids is 2. The van der Waals surface area contributed by atoms with Crippen molar-refractivity contribution in [1.82, 2.24) is 0 Å². The van der Waals surface area contributed by atoms with Crippen LogP contribution in [0.4, 0.5) is 0 Å². The van der Waals surface area contributed by atoms with Gasteiger partial charge in [-0.2, -0.15) is 0 Å². The zero-order chi connectivity index (χ0) is 18.0. The number of amides is 2. The van der Waals surface area contributed by atoms with Crippen LogP contribution in [0.2, 0.25) is 0 Å². The van der Waals surface area contributed by atoms with Gasteiger partial charge < -0.3 is 21.7 Å². The SMILES string of the molecule is NC(=O)c1cccc(C(N)=O)c1-c1c(C(=O)O)cccc1C(=O)O. The van der Waals surface area contributed by atoms with Gasteiger partial charge in [-0.15, -0.1) is 0 Å². The standard InChI is InChI=1S/C16H12N2O6/c17-13(19)7-3-1-4-8(14(18)20)11(7)12-9(15(21)22)5-2-6-10(12)16(23)24/h1-6H,(H2,17,19)(H2,18,20)(H,21,22)(H,23,24). The van der Waals surface area contributed by atoms with E-state index >= 15 is 0 Å². The highest BCUT2D eigenvalue weighted by Gasteiger charge is 2.26. The predicted octanol–water partition coefficient (Wildman–Crippen LogP) is 0.948. The van der Waals surface area contributed by atoms with Crippen molar-refractivity contribution in [3.8, 4) is 11.1 Å². The molecule has 2 aromatic carbocycles. The van der Waals surface area contributed by atoms with E-state index in [-0.39, 0.29) is 22.3 Å². The van der Waals surface area contributed by atoms with Crippen LogP contribution in [0.15, 0.2) is 36.4 Å². The van der Waals surface area contributed by atoms with Crippen LogP contribution >= 0.6 is 0 Å². The molecule has 0 aliphatic carbocycles. The quantitative estimate of drug-likeness (QED) is 0.639. The Bertz CT molecular complexity index is 750. The van der Waals surface area contributed by atoms with Gasteiger partial charge in [0.15, 0.2) is 0 Å². The minimum atomic E-state index is -1.43. The average molecular weight is 328 g/mol. The molecule has 0 atom stereocenters. The van der Waals surface area contributed by atoms with Crippen molar-refractivity contribution in [3.63, 3.8) is 0 Å². The Morgan fingerprint density at radius 1 is 0.625 bits per heavy atom. The molecule has 6 N–H and O–H groups in total. The lowest BCUT2D eigenvalue weighted by Crippen LogP contribution is -2.20. The molecule has 24 heavy (non-hydrogen) atoms. The molecule has 2 amide bonds. The molecule has 0 saturated heterocycles. The zero-order valence-electron chi connectivity index (χ0n) is 12.1. The van der Waals surface area contributed by atoms with Gasteiger partial charge in [-0.25, -0.2) is 9.59 Å². The topological polar surface area (TPSA) is 161 Å². The lowest BCUT2D eigenvalue weighted by atomic mass is 9.87. The summed E-state index contributed by atoms with van der Waals surface area (Å²) < 4.78 is 0. The second-order valence-electron chi connectivity index (χ2n) is 4.80. The summed E-state index contributed by atoms with van der Waals surface area (Å²) in [5.74, 6) is -4.76. The third-order valence-electron chi connectivity index (χ3n) is 3.37. The van der Waals surface area contributed by atoms with E-state index in [1.807, 2.05) is 0 Å². The lowest BCUT2D eigenvalue weighted by Gasteiger charge is -2.16. The van der Waals surface area contributed by atoms with Crippen molar-refractivity contribution in [3.05, 3.63) is 58.7 Å². The second-order valence-corrected chi connectivity index (χ2v) is 4.80. The Morgan fingerprint density at radius 3 is 1.21 bits per heavy atom. The molecule has 2 aromatic rings. The molecule has 122 valence electrons. The van der Waals surface area contributed by atoms with Crippen molar-refractivity contribution in [2.24, 2.45) is 11.5 Å². The average Bonchev–Trinajstić information content (AvgIpc) is 2.52. The van der Waals surface area contributed by atoms with E-state index < -0.39 is 34.9 Å². The van der Waals surface area contributed by atoms with Crippen LogP contribution in [0.1, 0.15) is 41.4 Å². The number of rotatable bonds is 5. The van der Waals surface area contributed by atoms with Gasteiger partial charge in [0, 0.05) is 22.3 Å². The molecule has 0 fully saturated rings. The molecule has 0 spiro atoms. The Hall–Kier alpha value is -3.68. The Labute approximate surface area is 135 Å². The van der Waals surface area contributed by atoms with Gasteiger partial charge in [-0.1, -0.05) is 12.1 Å². The molecule has 8 nitrogen and oxygen atoms in total. The van der Waals surface area contributed by atoms with Gasteiger partial charge >= 0.3 is 11.9 Å². The summed E-state index contributed by atoms with van der Waals surface area (Å²) in [6.45, 7) is 0. The Kier molecular flexibility index (Phi) is 4.32. The second kappa shape index (κ2) is 6.21. The van der Waals surface area contributed by atoms with Crippen LogP contribution in [0.25, 0.3) is 11.1 Å². The molecule has 0 heterocycles. The summed E-state index contributed by atoms with van der Waals surface area (Å²) in [4.78, 5) is 46.4. The van der Waals surface area contributed by atoms with Crippen molar-refractivity contribution in [2.75, 3.05) is 0 Å². The number of carboxylic acid groups (broad SMARTS) is 2. The first-order valence-corrected chi connectivity index (χ1v) is 6.58. The first-order chi connectivity index (χ1) is 11.3. The highest BCUT2D eigenvalue weighted by molar-refractivity contribution is 6.14. The van der Waals surface area contributed by atoms with Crippen LogP contribution in [-0.4, -0.2) is 34.0 Å². The molecule has 0 radical (unpaired) electrons. The van der Waals surface area contributed by atoms with Crippen LogP contribution in [0.3, 0.4) is 0 Å². The smallest absolute Gasteiger partial charge is 0.336 e. The molecular formula is C16H12N2O6. The van der Waals surface area contributed by atoms with Gasteiger partial charge in [0.2, 0.25) is 11.8 Å². The van der Waals surface area contributed by atoms with Crippen molar-refractivity contribution in [2.45, 2.75) is 0 Å². The number of carboxylic acids is 2. The summed E-state index contributed by atoms with van der Waals surface area (Å²) in [6.07, 6.45) is 0. The van der Waals surface area contributed by atoms with Crippen LogP contribution in [0.5, 0.6) is 0 Å². The number of primary amides is 2. The molecule has 0 unspecified atom stereocenters. The fourth-order valence-electron chi connectivity index (χ4n) is 2.41. The van der Waals surface area contributed by atoms with Crippen molar-refractivity contribution in [1.29, 1.82) is 0 Å². The summed E-state index contributed by atoms with van der Waals surface area (Å²) in [6, 6.07) is 7.42. The minimum absolute atomic E-state index is 0.206. The van der Waals surface area contributed by atoms with E-state index in [1.54, 1.807) is 0 Å². The number of hydrogen-bond acceptors (Lipinski definition) is 4. The van der Waals surface area contributed by atoms with Gasteiger partial charge in [-0.3, -0.25) is 9.59 Å². The van der Waals surface area contributed by atoms with E-state index in [9.17, 15) is 29.4 Å². The molecular weight excluding hydrogens is 316 g/mol. The third-order valence-corrected chi connectivity index (χ3v) is 3.37. The van der Waals surface area contributed by atoms with Gasteiger partial charge in [0.05, 0.1) is 11.1 Å². The predicted molar refractivity (Wildman–Crippen MR) is 82.8 cm³/mol.